The van der Waals surface area contributed by atoms with Crippen molar-refractivity contribution < 1.29 is 18.7 Å². The predicted molar refractivity (Wildman–Crippen MR) is 102 cm³/mol. The molecule has 26 heavy (non-hydrogen) atoms. The molecule has 1 heterocycles. The van der Waals surface area contributed by atoms with Crippen molar-refractivity contribution in [1.29, 1.82) is 0 Å². The Bertz CT molecular complexity index is 935. The maximum atomic E-state index is 12.6. The van der Waals surface area contributed by atoms with Gasteiger partial charge in [0.05, 0.1) is 18.4 Å². The number of hydrogen-bond donors (Lipinski definition) is 2. The maximum absolute atomic E-state index is 12.6. The Kier molecular flexibility index (Phi) is 5.38. The first kappa shape index (κ1) is 17.8. The van der Waals surface area contributed by atoms with Crippen LogP contribution in [0.2, 0.25) is 0 Å². The Morgan fingerprint density at radius 3 is 2.31 bits per heavy atom. The molecule has 2 aromatic carbocycles. The van der Waals surface area contributed by atoms with Crippen molar-refractivity contribution in [3.63, 3.8) is 0 Å². The first-order valence-electron chi connectivity index (χ1n) is 7.68. The molecule has 0 aliphatic rings. The Morgan fingerprint density at radius 1 is 0.923 bits per heavy atom. The number of halogens is 1. The summed E-state index contributed by atoms with van der Waals surface area (Å²) >= 11 is 3.15. The number of para-hydroxylation sites is 1. The van der Waals surface area contributed by atoms with Crippen molar-refractivity contribution in [2.75, 3.05) is 17.7 Å². The van der Waals surface area contributed by atoms with Crippen molar-refractivity contribution in [1.82, 2.24) is 0 Å². The van der Waals surface area contributed by atoms with Gasteiger partial charge in [-0.15, -0.1) is 0 Å². The Balaban J connectivity index is 1.77. The van der Waals surface area contributed by atoms with E-state index in [1.807, 2.05) is 0 Å². The van der Waals surface area contributed by atoms with Gasteiger partial charge in [-0.2, -0.15) is 0 Å². The molecule has 0 unspecified atom stereocenters. The predicted octanol–water partition coefficient (Wildman–Crippen LogP) is 4.56. The van der Waals surface area contributed by atoms with E-state index in [-0.39, 0.29) is 11.7 Å². The van der Waals surface area contributed by atoms with Gasteiger partial charge in [0.1, 0.15) is 5.75 Å². The van der Waals surface area contributed by atoms with Crippen molar-refractivity contribution in [2.45, 2.75) is 0 Å². The van der Waals surface area contributed by atoms with Crippen LogP contribution in [0.25, 0.3) is 0 Å². The van der Waals surface area contributed by atoms with Gasteiger partial charge in [-0.3, -0.25) is 9.59 Å². The molecule has 0 radical (unpaired) electrons. The average Bonchev–Trinajstić information content (AvgIpc) is 3.09. The number of furan rings is 1. The summed E-state index contributed by atoms with van der Waals surface area (Å²) in [5, 5.41) is 5.48. The van der Waals surface area contributed by atoms with E-state index in [2.05, 4.69) is 26.6 Å². The van der Waals surface area contributed by atoms with Gasteiger partial charge in [0.15, 0.2) is 10.4 Å². The van der Waals surface area contributed by atoms with E-state index in [9.17, 15) is 9.59 Å². The molecule has 0 spiro atoms. The van der Waals surface area contributed by atoms with Crippen LogP contribution in [0.5, 0.6) is 5.75 Å². The van der Waals surface area contributed by atoms with Crippen LogP contribution >= 0.6 is 15.9 Å². The second kappa shape index (κ2) is 7.88. The molecule has 132 valence electrons. The minimum atomic E-state index is -0.444. The molecule has 3 rings (SSSR count). The normalized spacial score (nSPS) is 10.2. The lowest BCUT2D eigenvalue weighted by Crippen LogP contribution is -2.18. The van der Waals surface area contributed by atoms with Crippen molar-refractivity contribution in [3.8, 4) is 5.75 Å². The molecule has 1 aromatic heterocycles. The van der Waals surface area contributed by atoms with E-state index in [0.29, 0.717) is 27.4 Å². The van der Waals surface area contributed by atoms with Crippen LogP contribution in [0.15, 0.2) is 69.8 Å². The second-order valence-corrected chi connectivity index (χ2v) is 6.07. The summed E-state index contributed by atoms with van der Waals surface area (Å²) in [7, 11) is 1.57. The van der Waals surface area contributed by atoms with Gasteiger partial charge >= 0.3 is 0 Å². The number of benzene rings is 2. The summed E-state index contributed by atoms with van der Waals surface area (Å²) in [6.07, 6.45) is 0. The van der Waals surface area contributed by atoms with E-state index in [0.717, 1.165) is 0 Å². The fraction of sp³-hybridized carbons (Fsp3) is 0.0526. The molecule has 0 saturated carbocycles. The standard InChI is InChI=1S/C19H15BrN2O4/c1-25-13-8-6-12(7-9-13)21-18(23)14-4-2-3-5-15(14)22-19(24)16-10-11-17(20)26-16/h2-11H,1H3,(H,21,23)(H,22,24). The summed E-state index contributed by atoms with van der Waals surface area (Å²) in [5.41, 5.74) is 1.34. The van der Waals surface area contributed by atoms with Gasteiger partial charge in [0.2, 0.25) is 0 Å². The third-order valence-corrected chi connectivity index (χ3v) is 3.99. The summed E-state index contributed by atoms with van der Waals surface area (Å²) in [6, 6.07) is 16.9. The first-order chi connectivity index (χ1) is 12.6. The highest BCUT2D eigenvalue weighted by Crippen LogP contribution is 2.21. The van der Waals surface area contributed by atoms with Crippen LogP contribution in [-0.4, -0.2) is 18.9 Å². The second-order valence-electron chi connectivity index (χ2n) is 5.29. The summed E-state index contributed by atoms with van der Waals surface area (Å²) in [6.45, 7) is 0. The van der Waals surface area contributed by atoms with Gasteiger partial charge in [0.25, 0.3) is 11.8 Å². The number of methoxy groups -OCH3 is 1. The van der Waals surface area contributed by atoms with Crippen LogP contribution in [0.3, 0.4) is 0 Å². The Labute approximate surface area is 158 Å². The third kappa shape index (κ3) is 4.12. The third-order valence-electron chi connectivity index (χ3n) is 3.56. The van der Waals surface area contributed by atoms with Crippen molar-refractivity contribution >= 4 is 39.1 Å². The zero-order valence-electron chi connectivity index (χ0n) is 13.8. The van der Waals surface area contributed by atoms with E-state index >= 15 is 0 Å². The monoisotopic (exact) mass is 414 g/mol. The number of ether oxygens (including phenoxy) is 1. The number of hydrogen-bond acceptors (Lipinski definition) is 4. The fourth-order valence-electron chi connectivity index (χ4n) is 2.28. The lowest BCUT2D eigenvalue weighted by atomic mass is 10.1. The van der Waals surface area contributed by atoms with Crippen LogP contribution in [0.1, 0.15) is 20.9 Å². The molecule has 0 fully saturated rings. The van der Waals surface area contributed by atoms with Crippen LogP contribution in [0, 0.1) is 0 Å². The molecule has 2 N–H and O–H groups in total. The average molecular weight is 415 g/mol. The lowest BCUT2D eigenvalue weighted by Gasteiger charge is -2.11. The maximum Gasteiger partial charge on any atom is 0.291 e. The van der Waals surface area contributed by atoms with Crippen LogP contribution in [-0.2, 0) is 0 Å². The largest absolute Gasteiger partial charge is 0.497 e. The number of anilines is 2. The molecular weight excluding hydrogens is 400 g/mol. The minimum absolute atomic E-state index is 0.141. The quantitative estimate of drug-likeness (QED) is 0.641. The molecule has 3 aromatic rings. The number of rotatable bonds is 5. The van der Waals surface area contributed by atoms with E-state index < -0.39 is 5.91 Å². The molecule has 7 heteroatoms. The first-order valence-corrected chi connectivity index (χ1v) is 8.47. The SMILES string of the molecule is COc1ccc(NC(=O)c2ccccc2NC(=O)c2ccc(Br)o2)cc1. The fourth-order valence-corrected chi connectivity index (χ4v) is 2.59. The van der Waals surface area contributed by atoms with Crippen molar-refractivity contribution in [2.24, 2.45) is 0 Å². The van der Waals surface area contributed by atoms with Gasteiger partial charge in [-0.25, -0.2) is 0 Å². The van der Waals surface area contributed by atoms with Gasteiger partial charge < -0.3 is 19.8 Å². The molecule has 0 aliphatic heterocycles. The van der Waals surface area contributed by atoms with Gasteiger partial charge in [-0.1, -0.05) is 12.1 Å². The summed E-state index contributed by atoms with van der Waals surface area (Å²) < 4.78 is 10.8. The number of carbonyl (C=O) groups is 2. The molecular formula is C19H15BrN2O4. The molecule has 0 aliphatic carbocycles. The minimum Gasteiger partial charge on any atom is -0.497 e. The molecule has 6 nitrogen and oxygen atoms in total. The van der Waals surface area contributed by atoms with Crippen LogP contribution in [0.4, 0.5) is 11.4 Å². The van der Waals surface area contributed by atoms with E-state index in [4.69, 9.17) is 9.15 Å². The van der Waals surface area contributed by atoms with Crippen LogP contribution < -0.4 is 15.4 Å². The highest BCUT2D eigenvalue weighted by Gasteiger charge is 2.16. The highest BCUT2D eigenvalue weighted by atomic mass is 79.9. The smallest absolute Gasteiger partial charge is 0.291 e. The number of amides is 2. The molecule has 0 bridgehead atoms. The number of carbonyl (C=O) groups excluding carboxylic acids is 2. The van der Waals surface area contributed by atoms with E-state index in [1.54, 1.807) is 67.8 Å². The topological polar surface area (TPSA) is 80.6 Å². The zero-order valence-corrected chi connectivity index (χ0v) is 15.4. The zero-order chi connectivity index (χ0) is 18.5. The Hall–Kier alpha value is -3.06. The van der Waals surface area contributed by atoms with Gasteiger partial charge in [-0.05, 0) is 64.5 Å². The van der Waals surface area contributed by atoms with E-state index in [1.165, 1.54) is 0 Å². The summed E-state index contributed by atoms with van der Waals surface area (Å²) in [4.78, 5) is 24.8. The lowest BCUT2D eigenvalue weighted by molar-refractivity contribution is 0.0995. The number of nitrogens with one attached hydrogen (secondary N) is 2. The molecule has 2 amide bonds. The Morgan fingerprint density at radius 2 is 1.65 bits per heavy atom. The van der Waals surface area contributed by atoms with Gasteiger partial charge in [0, 0.05) is 5.69 Å². The molecule has 0 saturated heterocycles. The van der Waals surface area contributed by atoms with Crippen molar-refractivity contribution in [3.05, 3.63) is 76.7 Å². The highest BCUT2D eigenvalue weighted by molar-refractivity contribution is 9.10. The summed E-state index contributed by atoms with van der Waals surface area (Å²) in [5.74, 6) is 0.0506. The molecule has 0 atom stereocenters.